The number of nitrogens with zero attached hydrogens (tertiary/aromatic N) is 1. The molecule has 0 spiro atoms. The molecule has 2 amide bonds. The lowest BCUT2D eigenvalue weighted by Crippen LogP contribution is -2.32. The van der Waals surface area contributed by atoms with E-state index in [1.165, 1.54) is 21.8 Å². The van der Waals surface area contributed by atoms with Crippen molar-refractivity contribution in [2.75, 3.05) is 12.4 Å². The van der Waals surface area contributed by atoms with Crippen LogP contribution >= 0.6 is 11.3 Å². The third-order valence-corrected chi connectivity index (χ3v) is 5.98. The second-order valence-corrected chi connectivity index (χ2v) is 7.86. The van der Waals surface area contributed by atoms with Gasteiger partial charge in [-0.1, -0.05) is 43.3 Å². The van der Waals surface area contributed by atoms with Gasteiger partial charge in [-0.05, 0) is 41.6 Å². The van der Waals surface area contributed by atoms with Crippen molar-refractivity contribution < 1.29 is 14.3 Å². The van der Waals surface area contributed by atoms with E-state index < -0.39 is 0 Å². The van der Waals surface area contributed by atoms with E-state index in [9.17, 15) is 9.59 Å². The number of amides is 2. The molecular formula is C24H22N2O3S. The molecule has 0 atom stereocenters. The van der Waals surface area contributed by atoms with Gasteiger partial charge in [0.2, 0.25) is 0 Å². The Hall–Kier alpha value is -3.38. The Morgan fingerprint density at radius 2 is 1.73 bits per heavy atom. The van der Waals surface area contributed by atoms with E-state index >= 15 is 0 Å². The molecule has 2 aromatic carbocycles. The molecule has 1 N–H and O–H groups in total. The quantitative estimate of drug-likeness (QED) is 0.565. The highest BCUT2D eigenvalue weighted by Crippen LogP contribution is 2.34. The van der Waals surface area contributed by atoms with E-state index in [1.54, 1.807) is 7.11 Å². The highest BCUT2D eigenvalue weighted by atomic mass is 32.1. The lowest BCUT2D eigenvalue weighted by atomic mass is 10.1. The van der Waals surface area contributed by atoms with Crippen LogP contribution in [0.25, 0.3) is 5.57 Å². The van der Waals surface area contributed by atoms with Gasteiger partial charge in [-0.15, -0.1) is 11.3 Å². The van der Waals surface area contributed by atoms with Gasteiger partial charge in [-0.2, -0.15) is 0 Å². The Morgan fingerprint density at radius 3 is 2.40 bits per heavy atom. The van der Waals surface area contributed by atoms with Crippen LogP contribution in [0.1, 0.15) is 22.9 Å². The van der Waals surface area contributed by atoms with Crippen LogP contribution < -0.4 is 10.1 Å². The Kier molecular flexibility index (Phi) is 5.68. The van der Waals surface area contributed by atoms with Crippen molar-refractivity contribution in [1.29, 1.82) is 0 Å². The normalized spacial score (nSPS) is 13.9. The Morgan fingerprint density at radius 1 is 0.967 bits per heavy atom. The number of aryl methyl sites for hydroxylation is 1. The van der Waals surface area contributed by atoms with Gasteiger partial charge in [0.05, 0.1) is 19.2 Å². The zero-order chi connectivity index (χ0) is 21.1. The predicted molar refractivity (Wildman–Crippen MR) is 119 cm³/mol. The second-order valence-electron chi connectivity index (χ2n) is 6.91. The lowest BCUT2D eigenvalue weighted by Gasteiger charge is -2.17. The molecule has 5 nitrogen and oxygen atoms in total. The van der Waals surface area contributed by atoms with E-state index in [2.05, 4.69) is 12.2 Å². The number of carbonyl (C=O) groups is 2. The third-order valence-electron chi connectivity index (χ3n) is 5.09. The fourth-order valence-corrected chi connectivity index (χ4v) is 4.23. The molecule has 1 aromatic heterocycles. The first-order valence-corrected chi connectivity index (χ1v) is 10.6. The summed E-state index contributed by atoms with van der Waals surface area (Å²) in [4.78, 5) is 28.6. The fourth-order valence-electron chi connectivity index (χ4n) is 3.46. The summed E-state index contributed by atoms with van der Waals surface area (Å²) in [6, 6.07) is 19.0. The van der Waals surface area contributed by atoms with E-state index in [0.717, 1.165) is 22.5 Å². The van der Waals surface area contributed by atoms with Crippen LogP contribution in [0.2, 0.25) is 0 Å². The Labute approximate surface area is 179 Å². The Balaban J connectivity index is 1.69. The molecule has 3 aromatic rings. The van der Waals surface area contributed by atoms with Crippen molar-refractivity contribution in [2.24, 2.45) is 0 Å². The molecule has 30 heavy (non-hydrogen) atoms. The summed E-state index contributed by atoms with van der Waals surface area (Å²) in [6.45, 7) is 2.24. The summed E-state index contributed by atoms with van der Waals surface area (Å²) in [6.07, 6.45) is 0.938. The molecule has 0 aliphatic carbocycles. The molecule has 0 fully saturated rings. The average molecular weight is 419 g/mol. The van der Waals surface area contributed by atoms with E-state index in [4.69, 9.17) is 4.74 Å². The number of anilines is 1. The number of imide groups is 1. The van der Waals surface area contributed by atoms with Crippen LogP contribution in [-0.2, 0) is 22.6 Å². The summed E-state index contributed by atoms with van der Waals surface area (Å²) in [7, 11) is 1.58. The van der Waals surface area contributed by atoms with E-state index in [-0.39, 0.29) is 18.4 Å². The van der Waals surface area contributed by atoms with Crippen LogP contribution in [-0.4, -0.2) is 23.8 Å². The number of hydrogen-bond acceptors (Lipinski definition) is 5. The number of rotatable bonds is 7. The maximum atomic E-state index is 13.3. The number of benzene rings is 2. The number of methoxy groups -OCH3 is 1. The molecule has 0 unspecified atom stereocenters. The first-order chi connectivity index (χ1) is 14.6. The average Bonchev–Trinajstić information content (AvgIpc) is 3.38. The van der Waals surface area contributed by atoms with Crippen molar-refractivity contribution in [3.05, 3.63) is 87.7 Å². The summed E-state index contributed by atoms with van der Waals surface area (Å²) >= 11 is 1.44. The maximum Gasteiger partial charge on any atom is 0.278 e. The lowest BCUT2D eigenvalue weighted by molar-refractivity contribution is -0.137. The standard InChI is InChI=1S/C24H22N2O3S/c1-3-16-10-12-18(13-11-16)25-22-21(20-9-6-14-30-20)23(27)26(24(22)28)15-17-7-4-5-8-19(17)29-2/h4-14,25H,3,15H2,1-2H3. The predicted octanol–water partition coefficient (Wildman–Crippen LogP) is 4.71. The molecule has 0 radical (unpaired) electrons. The third kappa shape index (κ3) is 3.74. The van der Waals surface area contributed by atoms with Crippen LogP contribution in [0.4, 0.5) is 5.69 Å². The smallest absolute Gasteiger partial charge is 0.278 e. The Bertz CT molecular complexity index is 1100. The van der Waals surface area contributed by atoms with Gasteiger partial charge >= 0.3 is 0 Å². The number of thiophene rings is 1. The van der Waals surface area contributed by atoms with Crippen molar-refractivity contribution in [3.63, 3.8) is 0 Å². The molecule has 0 bridgehead atoms. The van der Waals surface area contributed by atoms with Gasteiger partial charge in [-0.3, -0.25) is 14.5 Å². The number of ether oxygens (including phenoxy) is 1. The first kappa shape index (κ1) is 19.9. The van der Waals surface area contributed by atoms with E-state index in [0.29, 0.717) is 17.0 Å². The summed E-state index contributed by atoms with van der Waals surface area (Å²) in [5.41, 5.74) is 3.48. The van der Waals surface area contributed by atoms with Crippen molar-refractivity contribution in [2.45, 2.75) is 19.9 Å². The van der Waals surface area contributed by atoms with Crippen LogP contribution in [0.15, 0.2) is 71.7 Å². The van der Waals surface area contributed by atoms with Gasteiger partial charge in [0.1, 0.15) is 11.4 Å². The highest BCUT2D eigenvalue weighted by molar-refractivity contribution is 7.11. The van der Waals surface area contributed by atoms with Gasteiger partial charge in [-0.25, -0.2) is 0 Å². The molecule has 0 saturated carbocycles. The number of nitrogens with one attached hydrogen (secondary N) is 1. The monoisotopic (exact) mass is 418 g/mol. The van der Waals surface area contributed by atoms with Crippen LogP contribution in [0, 0.1) is 0 Å². The van der Waals surface area contributed by atoms with Crippen molar-refractivity contribution in [3.8, 4) is 5.75 Å². The molecule has 1 aliphatic rings. The van der Waals surface area contributed by atoms with Gasteiger partial charge < -0.3 is 10.1 Å². The molecule has 6 heteroatoms. The molecule has 152 valence electrons. The minimum Gasteiger partial charge on any atom is -0.496 e. The fraction of sp³-hybridized carbons (Fsp3) is 0.167. The summed E-state index contributed by atoms with van der Waals surface area (Å²) in [5, 5.41) is 5.10. The number of hydrogen-bond donors (Lipinski definition) is 1. The molecule has 4 rings (SSSR count). The van der Waals surface area contributed by atoms with E-state index in [1.807, 2.05) is 66.0 Å². The summed E-state index contributed by atoms with van der Waals surface area (Å²) < 4.78 is 5.39. The van der Waals surface area contributed by atoms with Crippen molar-refractivity contribution >= 4 is 34.4 Å². The molecule has 2 heterocycles. The minimum absolute atomic E-state index is 0.149. The number of para-hydroxylation sites is 1. The zero-order valence-corrected chi connectivity index (χ0v) is 17.7. The topological polar surface area (TPSA) is 58.6 Å². The minimum atomic E-state index is -0.339. The zero-order valence-electron chi connectivity index (χ0n) is 16.8. The van der Waals surface area contributed by atoms with Gasteiger partial charge in [0, 0.05) is 16.1 Å². The highest BCUT2D eigenvalue weighted by Gasteiger charge is 2.40. The van der Waals surface area contributed by atoms with Crippen LogP contribution in [0.3, 0.4) is 0 Å². The first-order valence-electron chi connectivity index (χ1n) is 9.74. The largest absolute Gasteiger partial charge is 0.496 e. The van der Waals surface area contributed by atoms with Gasteiger partial charge in [0.25, 0.3) is 11.8 Å². The second kappa shape index (κ2) is 8.55. The number of carbonyl (C=O) groups excluding carboxylic acids is 2. The van der Waals surface area contributed by atoms with Crippen LogP contribution in [0.5, 0.6) is 5.75 Å². The SMILES string of the molecule is CCc1ccc(NC2=C(c3cccs3)C(=O)N(Cc3ccccc3OC)C2=O)cc1. The van der Waals surface area contributed by atoms with Crippen molar-refractivity contribution in [1.82, 2.24) is 4.90 Å². The molecular weight excluding hydrogens is 396 g/mol. The summed E-state index contributed by atoms with van der Waals surface area (Å²) in [5.74, 6) is 0.00208. The van der Waals surface area contributed by atoms with Gasteiger partial charge in [0.15, 0.2) is 0 Å². The molecule has 0 saturated heterocycles. The maximum absolute atomic E-state index is 13.3. The molecule has 1 aliphatic heterocycles.